The van der Waals surface area contributed by atoms with Crippen LogP contribution in [-0.2, 0) is 29.0 Å². The van der Waals surface area contributed by atoms with E-state index >= 15 is 4.79 Å². The zero-order valence-corrected chi connectivity index (χ0v) is 34.2. The minimum Gasteiger partial charge on any atom is -0.347 e. The lowest BCUT2D eigenvalue weighted by atomic mass is 9.68. The molecule has 4 N–H and O–H groups in total. The number of ketones is 1. The van der Waals surface area contributed by atoms with Crippen LogP contribution in [0.25, 0.3) is 0 Å². The number of rotatable bonds is 13. The van der Waals surface area contributed by atoms with E-state index in [-0.39, 0.29) is 41.5 Å². The van der Waals surface area contributed by atoms with Crippen molar-refractivity contribution in [2.45, 2.75) is 186 Å². The lowest BCUT2D eigenvalue weighted by molar-refractivity contribution is -0.152. The molecule has 300 valence electrons. The van der Waals surface area contributed by atoms with E-state index in [9.17, 15) is 27.6 Å². The topological polar surface area (TPSA) is 171 Å². The number of hydrogen-bond donors (Lipinski definition) is 4. The highest BCUT2D eigenvalue weighted by molar-refractivity contribution is 7.92. The highest BCUT2D eigenvalue weighted by Crippen LogP contribution is 2.43. The predicted molar refractivity (Wildman–Crippen MR) is 205 cm³/mol. The summed E-state index contributed by atoms with van der Waals surface area (Å²) in [5.74, 6) is -1.99. The first kappa shape index (κ1) is 41.5. The van der Waals surface area contributed by atoms with Crippen LogP contribution in [0, 0.1) is 22.7 Å². The molecule has 1 saturated heterocycles. The van der Waals surface area contributed by atoms with Crippen molar-refractivity contribution in [2.75, 3.05) is 12.3 Å². The van der Waals surface area contributed by atoms with Crippen molar-refractivity contribution >= 4 is 39.4 Å². The van der Waals surface area contributed by atoms with E-state index in [2.05, 4.69) is 42.0 Å². The molecule has 0 bridgehead atoms. The van der Waals surface area contributed by atoms with Gasteiger partial charge in [0, 0.05) is 12.6 Å². The van der Waals surface area contributed by atoms with E-state index in [1.165, 1.54) is 0 Å². The summed E-state index contributed by atoms with van der Waals surface area (Å²) < 4.78 is 26.0. The number of piperidine rings is 1. The summed E-state index contributed by atoms with van der Waals surface area (Å²) in [4.78, 5) is 71.4. The van der Waals surface area contributed by atoms with E-state index < -0.39 is 67.3 Å². The molecule has 5 amide bonds. The lowest BCUT2D eigenvalue weighted by Gasteiger charge is -2.50. The van der Waals surface area contributed by atoms with Gasteiger partial charge in [0.2, 0.25) is 17.6 Å². The van der Waals surface area contributed by atoms with Gasteiger partial charge in [0.05, 0.1) is 22.1 Å². The molecule has 5 aliphatic rings. The first-order chi connectivity index (χ1) is 24.7. The van der Waals surface area contributed by atoms with Gasteiger partial charge in [-0.1, -0.05) is 79.1 Å². The maximum Gasteiger partial charge on any atom is 0.315 e. The van der Waals surface area contributed by atoms with Gasteiger partial charge in [-0.15, -0.1) is 0 Å². The van der Waals surface area contributed by atoms with Crippen LogP contribution in [0.15, 0.2) is 0 Å². The van der Waals surface area contributed by atoms with Gasteiger partial charge in [0.25, 0.3) is 5.91 Å². The fraction of sp³-hybridized carbons (Fsp3) is 0.875. The Morgan fingerprint density at radius 3 is 1.96 bits per heavy atom. The van der Waals surface area contributed by atoms with Crippen LogP contribution in [0.3, 0.4) is 0 Å². The fourth-order valence-corrected chi connectivity index (χ4v) is 10.2. The summed E-state index contributed by atoms with van der Waals surface area (Å²) in [7, 11) is -3.57. The summed E-state index contributed by atoms with van der Waals surface area (Å²) in [5, 5.41) is 11.9. The molecule has 0 aromatic rings. The van der Waals surface area contributed by atoms with Crippen molar-refractivity contribution < 1.29 is 32.4 Å². The summed E-state index contributed by atoms with van der Waals surface area (Å²) >= 11 is 0. The number of nitrogens with one attached hydrogen (secondary N) is 4. The average molecular weight is 762 g/mol. The first-order valence-corrected chi connectivity index (χ1v) is 22.1. The molecule has 5 fully saturated rings. The minimum absolute atomic E-state index is 0.0103. The third-order valence-corrected chi connectivity index (χ3v) is 16.1. The Bertz CT molecular complexity index is 1500. The molecule has 5 rings (SSSR count). The molecule has 4 aliphatic carbocycles. The van der Waals surface area contributed by atoms with Crippen molar-refractivity contribution in [3.63, 3.8) is 0 Å². The smallest absolute Gasteiger partial charge is 0.315 e. The SMILES string of the molecule is CC1CN(C(=O)[C@@H](NC(=O)NC2(CS(=O)(=O)C(C)(C)C)CCCCC2)C2(C)CCCCC2)[C@H](C(=O)NC(CC2CC2)C(=O)C(=O)NC2CC2)CC1(C)C. The molecule has 0 aromatic heterocycles. The second kappa shape index (κ2) is 15.8. The van der Waals surface area contributed by atoms with Gasteiger partial charge in [-0.05, 0) is 94.8 Å². The van der Waals surface area contributed by atoms with Crippen molar-refractivity contribution in [3.8, 4) is 0 Å². The van der Waals surface area contributed by atoms with Crippen molar-refractivity contribution in [2.24, 2.45) is 22.7 Å². The molecule has 4 atom stereocenters. The Kier molecular flexibility index (Phi) is 12.4. The second-order valence-electron chi connectivity index (χ2n) is 19.4. The predicted octanol–water partition coefficient (Wildman–Crippen LogP) is 4.94. The molecular formula is C40H67N5O7S. The second-order valence-corrected chi connectivity index (χ2v) is 22.2. The van der Waals surface area contributed by atoms with E-state index in [4.69, 9.17) is 0 Å². The summed E-state index contributed by atoms with van der Waals surface area (Å²) in [5.41, 5.74) is -1.85. The molecule has 12 nitrogen and oxygen atoms in total. The Labute approximate surface area is 317 Å². The lowest BCUT2D eigenvalue weighted by Crippen LogP contribution is -2.67. The molecule has 4 saturated carbocycles. The number of hydrogen-bond acceptors (Lipinski definition) is 7. The van der Waals surface area contributed by atoms with Crippen LogP contribution in [0.4, 0.5) is 4.79 Å². The molecule has 0 spiro atoms. The van der Waals surface area contributed by atoms with Crippen LogP contribution >= 0.6 is 0 Å². The molecule has 1 aliphatic heterocycles. The Morgan fingerprint density at radius 2 is 1.42 bits per heavy atom. The average Bonchev–Trinajstić information content (AvgIpc) is 4.01. The van der Waals surface area contributed by atoms with Gasteiger partial charge in [-0.25, -0.2) is 13.2 Å². The third-order valence-electron chi connectivity index (χ3n) is 13.3. The molecule has 0 aromatic carbocycles. The van der Waals surface area contributed by atoms with Gasteiger partial charge < -0.3 is 26.2 Å². The van der Waals surface area contributed by atoms with Gasteiger partial charge >= 0.3 is 6.03 Å². The van der Waals surface area contributed by atoms with Crippen molar-refractivity contribution in [3.05, 3.63) is 0 Å². The molecule has 2 unspecified atom stereocenters. The van der Waals surface area contributed by atoms with E-state index in [1.54, 1.807) is 25.7 Å². The Morgan fingerprint density at radius 1 is 0.830 bits per heavy atom. The fourth-order valence-electron chi connectivity index (χ4n) is 8.66. The zero-order valence-electron chi connectivity index (χ0n) is 33.4. The summed E-state index contributed by atoms with van der Waals surface area (Å²) in [6, 6.07) is -3.39. The van der Waals surface area contributed by atoms with Crippen molar-refractivity contribution in [1.29, 1.82) is 0 Å². The highest BCUT2D eigenvalue weighted by atomic mass is 32.2. The molecular weight excluding hydrogens is 695 g/mol. The number of amides is 5. The largest absolute Gasteiger partial charge is 0.347 e. The number of Topliss-reactive ketones (excluding diaryl/α,β-unsaturated/α-hetero) is 1. The molecule has 53 heavy (non-hydrogen) atoms. The third kappa shape index (κ3) is 10.1. The van der Waals surface area contributed by atoms with Crippen molar-refractivity contribution in [1.82, 2.24) is 26.2 Å². The Hall–Kier alpha value is -2.70. The zero-order chi connectivity index (χ0) is 39.0. The first-order valence-electron chi connectivity index (χ1n) is 20.4. The quantitative estimate of drug-likeness (QED) is 0.193. The Balaban J connectivity index is 1.41. The number of urea groups is 1. The number of likely N-dealkylation sites (tertiary alicyclic amines) is 1. The highest BCUT2D eigenvalue weighted by Gasteiger charge is 2.51. The van der Waals surface area contributed by atoms with E-state index in [0.717, 1.165) is 64.2 Å². The van der Waals surface area contributed by atoms with Crippen LogP contribution in [0.1, 0.15) is 151 Å². The van der Waals surface area contributed by atoms with Gasteiger partial charge in [0.15, 0.2) is 9.84 Å². The molecule has 0 radical (unpaired) electrons. The number of carbonyl (C=O) groups is 5. The molecule has 1 heterocycles. The van der Waals surface area contributed by atoms with E-state index in [1.807, 2.05) is 6.92 Å². The maximum atomic E-state index is 15.1. The number of carbonyl (C=O) groups excluding carboxylic acids is 5. The standard InChI is InChI=1S/C40H67N5O7S/c1-26-24-45(30(23-38(26,5)6)33(47)42-29(22-27-14-15-27)31(46)34(48)41-28-16-17-28)35(49)32(39(7)18-10-8-11-19-39)43-36(50)44-40(20-12-9-13-21-40)25-53(51,52)37(2,3)4/h26-30,32H,8-25H2,1-7H3,(H,41,48)(H,42,47)(H2,43,44,50)/t26?,29?,30-,32+/m0/s1. The van der Waals surface area contributed by atoms with Gasteiger partial charge in [0.1, 0.15) is 12.1 Å². The number of nitrogens with zero attached hydrogens (tertiary/aromatic N) is 1. The van der Waals surface area contributed by atoms with Crippen LogP contribution in [0.5, 0.6) is 0 Å². The summed E-state index contributed by atoms with van der Waals surface area (Å²) in [6.07, 6.45) is 12.2. The molecule has 13 heteroatoms. The van der Waals surface area contributed by atoms with Gasteiger partial charge in [-0.3, -0.25) is 19.2 Å². The normalized spacial score (nSPS) is 26.7. The van der Waals surface area contributed by atoms with Gasteiger partial charge in [-0.2, -0.15) is 0 Å². The van der Waals surface area contributed by atoms with Crippen LogP contribution < -0.4 is 21.3 Å². The number of sulfone groups is 1. The summed E-state index contributed by atoms with van der Waals surface area (Å²) in [6.45, 7) is 13.6. The monoisotopic (exact) mass is 761 g/mol. The maximum absolute atomic E-state index is 15.1. The van der Waals surface area contributed by atoms with E-state index in [0.29, 0.717) is 38.5 Å². The van der Waals surface area contributed by atoms with Crippen LogP contribution in [-0.4, -0.2) is 89.6 Å². The van der Waals surface area contributed by atoms with Crippen LogP contribution in [0.2, 0.25) is 0 Å². The minimum atomic E-state index is -3.57.